The van der Waals surface area contributed by atoms with Crippen LogP contribution < -0.4 is 15.0 Å². The van der Waals surface area contributed by atoms with Crippen molar-refractivity contribution >= 4 is 40.6 Å². The van der Waals surface area contributed by atoms with Gasteiger partial charge < -0.3 is 15.0 Å². The van der Waals surface area contributed by atoms with Crippen molar-refractivity contribution in [3.63, 3.8) is 0 Å². The molecule has 1 amide bonds. The number of carbonyl (C=O) groups excluding carboxylic acids is 1. The topological polar surface area (TPSA) is 67.3 Å². The third-order valence-electron chi connectivity index (χ3n) is 5.33. The average Bonchev–Trinajstić information content (AvgIpc) is 2.80. The first kappa shape index (κ1) is 21.4. The number of anilines is 2. The van der Waals surface area contributed by atoms with E-state index >= 15 is 0 Å². The van der Waals surface area contributed by atoms with Gasteiger partial charge in [-0.3, -0.25) is 4.79 Å². The van der Waals surface area contributed by atoms with Crippen LogP contribution in [0.1, 0.15) is 12.8 Å². The lowest BCUT2D eigenvalue weighted by Crippen LogP contribution is -2.41. The fourth-order valence-electron chi connectivity index (χ4n) is 3.68. The predicted molar refractivity (Wildman–Crippen MR) is 124 cm³/mol. The van der Waals surface area contributed by atoms with Crippen molar-refractivity contribution in [2.24, 2.45) is 5.92 Å². The average molecular weight is 457 g/mol. The van der Waals surface area contributed by atoms with E-state index in [1.165, 1.54) is 0 Å². The van der Waals surface area contributed by atoms with Gasteiger partial charge in [-0.2, -0.15) is 0 Å². The number of piperidine rings is 1. The summed E-state index contributed by atoms with van der Waals surface area (Å²) in [6.07, 6.45) is 1.70. The largest absolute Gasteiger partial charge is 0.495 e. The first-order valence-corrected chi connectivity index (χ1v) is 10.8. The van der Waals surface area contributed by atoms with E-state index < -0.39 is 0 Å². The third kappa shape index (κ3) is 5.09. The van der Waals surface area contributed by atoms with Gasteiger partial charge in [-0.25, -0.2) is 0 Å². The van der Waals surface area contributed by atoms with Crippen LogP contribution in [-0.2, 0) is 4.79 Å². The number of nitrogens with zero attached hydrogens (tertiary/aromatic N) is 3. The van der Waals surface area contributed by atoms with Crippen LogP contribution in [0.3, 0.4) is 0 Å². The second-order valence-electron chi connectivity index (χ2n) is 7.40. The second kappa shape index (κ2) is 9.54. The summed E-state index contributed by atoms with van der Waals surface area (Å²) in [5.41, 5.74) is 2.30. The van der Waals surface area contributed by atoms with Crippen molar-refractivity contribution in [2.75, 3.05) is 30.4 Å². The number of rotatable bonds is 5. The molecule has 31 heavy (non-hydrogen) atoms. The standard InChI is InChI=1S/C23H22Cl2N4O2/c1-31-21-10-8-18(25)13-20(21)26-23(30)16-3-2-12-29(14-16)22-11-9-19(27-28-22)15-4-6-17(24)7-5-15/h4-11,13,16H,2-3,12,14H2,1H3,(H,26,30). The molecule has 6 nitrogen and oxygen atoms in total. The Kier molecular flexibility index (Phi) is 6.59. The molecule has 2 heterocycles. The van der Waals surface area contributed by atoms with Crippen LogP contribution in [0.15, 0.2) is 54.6 Å². The van der Waals surface area contributed by atoms with E-state index in [0.29, 0.717) is 28.0 Å². The molecule has 1 fully saturated rings. The quantitative estimate of drug-likeness (QED) is 0.562. The summed E-state index contributed by atoms with van der Waals surface area (Å²) >= 11 is 12.0. The zero-order chi connectivity index (χ0) is 21.8. The number of hydrogen-bond acceptors (Lipinski definition) is 5. The van der Waals surface area contributed by atoms with Gasteiger partial charge in [0.25, 0.3) is 0 Å². The number of methoxy groups -OCH3 is 1. The number of amides is 1. The molecule has 0 aliphatic carbocycles. The monoisotopic (exact) mass is 456 g/mol. The highest BCUT2D eigenvalue weighted by molar-refractivity contribution is 6.31. The van der Waals surface area contributed by atoms with Gasteiger partial charge in [0.2, 0.25) is 5.91 Å². The molecule has 0 saturated carbocycles. The maximum absolute atomic E-state index is 12.9. The Morgan fingerprint density at radius 1 is 1.06 bits per heavy atom. The molecule has 4 rings (SSSR count). The number of nitrogens with one attached hydrogen (secondary N) is 1. The van der Waals surface area contributed by atoms with Crippen molar-refractivity contribution in [3.8, 4) is 17.0 Å². The predicted octanol–water partition coefficient (Wildman–Crippen LogP) is 5.31. The third-order valence-corrected chi connectivity index (χ3v) is 5.81. The molecular formula is C23H22Cl2N4O2. The minimum Gasteiger partial charge on any atom is -0.495 e. The molecule has 1 atom stereocenters. The van der Waals surface area contributed by atoms with Gasteiger partial charge in [0.05, 0.1) is 24.4 Å². The van der Waals surface area contributed by atoms with Crippen molar-refractivity contribution in [3.05, 3.63) is 64.6 Å². The van der Waals surface area contributed by atoms with Crippen LogP contribution in [0.5, 0.6) is 5.75 Å². The van der Waals surface area contributed by atoms with Crippen LogP contribution in [0.2, 0.25) is 10.0 Å². The molecule has 0 spiro atoms. The Morgan fingerprint density at radius 2 is 1.84 bits per heavy atom. The summed E-state index contributed by atoms with van der Waals surface area (Å²) in [5, 5.41) is 12.9. The number of halogens is 2. The lowest BCUT2D eigenvalue weighted by atomic mass is 9.97. The smallest absolute Gasteiger partial charge is 0.229 e. The number of ether oxygens (including phenoxy) is 1. The fraction of sp³-hybridized carbons (Fsp3) is 0.261. The lowest BCUT2D eigenvalue weighted by molar-refractivity contribution is -0.120. The van der Waals surface area contributed by atoms with E-state index in [0.717, 1.165) is 36.5 Å². The molecule has 1 N–H and O–H groups in total. The first-order valence-electron chi connectivity index (χ1n) is 10.0. The summed E-state index contributed by atoms with van der Waals surface area (Å²) in [4.78, 5) is 15.0. The number of benzene rings is 2. The highest BCUT2D eigenvalue weighted by Gasteiger charge is 2.27. The molecule has 1 aliphatic rings. The summed E-state index contributed by atoms with van der Waals surface area (Å²) in [7, 11) is 1.56. The Bertz CT molecular complexity index is 1060. The highest BCUT2D eigenvalue weighted by atomic mass is 35.5. The maximum atomic E-state index is 12.9. The molecular weight excluding hydrogens is 435 g/mol. The van der Waals surface area contributed by atoms with Gasteiger partial charge in [0.15, 0.2) is 5.82 Å². The van der Waals surface area contributed by atoms with Crippen molar-refractivity contribution in [1.82, 2.24) is 10.2 Å². The summed E-state index contributed by atoms with van der Waals surface area (Å²) < 4.78 is 5.32. The normalized spacial score (nSPS) is 16.1. The van der Waals surface area contributed by atoms with E-state index in [2.05, 4.69) is 20.4 Å². The van der Waals surface area contributed by atoms with Crippen molar-refractivity contribution < 1.29 is 9.53 Å². The summed E-state index contributed by atoms with van der Waals surface area (Å²) in [5.74, 6) is 1.11. The maximum Gasteiger partial charge on any atom is 0.229 e. The van der Waals surface area contributed by atoms with E-state index in [9.17, 15) is 4.79 Å². The molecule has 1 aromatic heterocycles. The molecule has 8 heteroatoms. The molecule has 2 aromatic carbocycles. The van der Waals surface area contributed by atoms with Crippen LogP contribution in [-0.4, -0.2) is 36.3 Å². The molecule has 160 valence electrons. The Balaban J connectivity index is 1.44. The fourth-order valence-corrected chi connectivity index (χ4v) is 3.98. The molecule has 0 bridgehead atoms. The minimum atomic E-state index is -0.171. The van der Waals surface area contributed by atoms with Crippen LogP contribution in [0, 0.1) is 5.92 Å². The van der Waals surface area contributed by atoms with E-state index in [1.54, 1.807) is 25.3 Å². The summed E-state index contributed by atoms with van der Waals surface area (Å²) in [6, 6.07) is 16.5. The highest BCUT2D eigenvalue weighted by Crippen LogP contribution is 2.30. The number of hydrogen-bond donors (Lipinski definition) is 1. The molecule has 3 aromatic rings. The first-order chi connectivity index (χ1) is 15.0. The minimum absolute atomic E-state index is 0.0592. The molecule has 1 unspecified atom stereocenters. The number of aromatic nitrogens is 2. The van der Waals surface area contributed by atoms with E-state index in [1.807, 2.05) is 36.4 Å². The van der Waals surface area contributed by atoms with E-state index in [-0.39, 0.29) is 11.8 Å². The molecule has 1 aliphatic heterocycles. The zero-order valence-corrected chi connectivity index (χ0v) is 18.5. The Morgan fingerprint density at radius 3 is 2.55 bits per heavy atom. The Hall–Kier alpha value is -2.83. The van der Waals surface area contributed by atoms with E-state index in [4.69, 9.17) is 27.9 Å². The lowest BCUT2D eigenvalue weighted by Gasteiger charge is -2.32. The zero-order valence-electron chi connectivity index (χ0n) is 17.0. The summed E-state index contributed by atoms with van der Waals surface area (Å²) in [6.45, 7) is 1.41. The van der Waals surface area contributed by atoms with Crippen LogP contribution in [0.4, 0.5) is 11.5 Å². The van der Waals surface area contributed by atoms with Gasteiger partial charge in [-0.15, -0.1) is 10.2 Å². The van der Waals surface area contributed by atoms with Crippen LogP contribution in [0.25, 0.3) is 11.3 Å². The number of carbonyl (C=O) groups is 1. The van der Waals surface area contributed by atoms with Gasteiger partial charge in [0.1, 0.15) is 5.75 Å². The van der Waals surface area contributed by atoms with Crippen LogP contribution >= 0.6 is 23.2 Å². The molecule has 0 radical (unpaired) electrons. The van der Waals surface area contributed by atoms with Crippen molar-refractivity contribution in [1.29, 1.82) is 0 Å². The molecule has 1 saturated heterocycles. The van der Waals surface area contributed by atoms with Crippen molar-refractivity contribution in [2.45, 2.75) is 12.8 Å². The van der Waals surface area contributed by atoms with Gasteiger partial charge in [-0.05, 0) is 55.3 Å². The Labute approximate surface area is 191 Å². The second-order valence-corrected chi connectivity index (χ2v) is 8.28. The van der Waals surface area contributed by atoms with Gasteiger partial charge >= 0.3 is 0 Å². The van der Waals surface area contributed by atoms with Gasteiger partial charge in [-0.1, -0.05) is 35.3 Å². The SMILES string of the molecule is COc1ccc(Cl)cc1NC(=O)C1CCCN(c2ccc(-c3ccc(Cl)cc3)nn2)C1. The van der Waals surface area contributed by atoms with Gasteiger partial charge in [0, 0.05) is 28.7 Å².